The van der Waals surface area contributed by atoms with Gasteiger partial charge in [0.25, 0.3) is 5.56 Å². The molecule has 0 radical (unpaired) electrons. The second-order valence-electron chi connectivity index (χ2n) is 7.32. The van der Waals surface area contributed by atoms with Gasteiger partial charge in [0, 0.05) is 18.1 Å². The summed E-state index contributed by atoms with van der Waals surface area (Å²) in [6, 6.07) is 4.96. The second kappa shape index (κ2) is 10.2. The van der Waals surface area contributed by atoms with E-state index >= 15 is 0 Å². The number of benzene rings is 1. The summed E-state index contributed by atoms with van der Waals surface area (Å²) in [6.07, 6.45) is 0. The number of methoxy groups -OCH3 is 1. The number of halogens is 1. The van der Waals surface area contributed by atoms with Crippen molar-refractivity contribution < 1.29 is 18.7 Å². The first kappa shape index (κ1) is 23.9. The van der Waals surface area contributed by atoms with Gasteiger partial charge in [-0.2, -0.15) is 0 Å². The highest BCUT2D eigenvalue weighted by molar-refractivity contribution is 8.00. The third-order valence-corrected chi connectivity index (χ3v) is 7.08. The minimum Gasteiger partial charge on any atom is -0.383 e. The zero-order valence-electron chi connectivity index (χ0n) is 17.8. The SMILES string of the molecule is COCCn1c(SC(C(=O)NC(N)=O)C(C)C)nc2scc(-c3ccc(F)cc3)c2c1=O. The summed E-state index contributed by atoms with van der Waals surface area (Å²) in [5.74, 6) is -1.08. The molecule has 3 aromatic rings. The minimum atomic E-state index is -0.941. The van der Waals surface area contributed by atoms with Crippen molar-refractivity contribution in [3.8, 4) is 11.1 Å². The van der Waals surface area contributed by atoms with E-state index in [2.05, 4.69) is 10.3 Å². The van der Waals surface area contributed by atoms with Gasteiger partial charge in [0.2, 0.25) is 5.91 Å². The number of thioether (sulfide) groups is 1. The Morgan fingerprint density at radius 2 is 2.00 bits per heavy atom. The largest absolute Gasteiger partial charge is 0.383 e. The van der Waals surface area contributed by atoms with Crippen molar-refractivity contribution in [2.45, 2.75) is 30.8 Å². The normalized spacial score (nSPS) is 12.3. The zero-order valence-corrected chi connectivity index (χ0v) is 19.4. The number of imide groups is 1. The van der Waals surface area contributed by atoms with Crippen LogP contribution in [0.4, 0.5) is 9.18 Å². The van der Waals surface area contributed by atoms with Gasteiger partial charge in [-0.05, 0) is 23.6 Å². The number of fused-ring (bicyclic) bond motifs is 1. The second-order valence-corrected chi connectivity index (χ2v) is 9.28. The standard InChI is InChI=1S/C21H23FN4O4S2/c1-11(2)16(17(27)24-20(23)29)32-21-25-18-15(19(28)26(21)8-9-30-3)14(10-31-18)12-4-6-13(22)7-5-12/h4-7,10-11,16H,8-9H2,1-3H3,(H3,23,24,27,29). The molecule has 0 saturated carbocycles. The van der Waals surface area contributed by atoms with Crippen LogP contribution >= 0.6 is 23.1 Å². The third-order valence-electron chi connectivity index (χ3n) is 4.68. The molecule has 32 heavy (non-hydrogen) atoms. The highest BCUT2D eigenvalue weighted by atomic mass is 32.2. The quantitative estimate of drug-likeness (QED) is 0.379. The van der Waals surface area contributed by atoms with Crippen LogP contribution in [0.2, 0.25) is 0 Å². The maximum absolute atomic E-state index is 13.5. The fraction of sp³-hybridized carbons (Fsp3) is 0.333. The van der Waals surface area contributed by atoms with Crippen molar-refractivity contribution in [2.75, 3.05) is 13.7 Å². The molecule has 0 aliphatic rings. The molecule has 0 aliphatic carbocycles. The molecular formula is C21H23FN4O4S2. The van der Waals surface area contributed by atoms with Crippen LogP contribution in [0.3, 0.4) is 0 Å². The number of carbonyl (C=O) groups is 2. The van der Waals surface area contributed by atoms with Gasteiger partial charge in [-0.3, -0.25) is 19.5 Å². The lowest BCUT2D eigenvalue weighted by atomic mass is 10.1. The number of nitrogens with two attached hydrogens (primary N) is 1. The lowest BCUT2D eigenvalue weighted by molar-refractivity contribution is -0.120. The average Bonchev–Trinajstić information content (AvgIpc) is 3.15. The summed E-state index contributed by atoms with van der Waals surface area (Å²) < 4.78 is 20.0. The van der Waals surface area contributed by atoms with Gasteiger partial charge >= 0.3 is 6.03 Å². The van der Waals surface area contributed by atoms with Gasteiger partial charge in [0.05, 0.1) is 23.8 Å². The van der Waals surface area contributed by atoms with E-state index in [9.17, 15) is 18.8 Å². The van der Waals surface area contributed by atoms with Gasteiger partial charge in [0.15, 0.2) is 5.16 Å². The van der Waals surface area contributed by atoms with Gasteiger partial charge in [0.1, 0.15) is 10.6 Å². The van der Waals surface area contributed by atoms with E-state index in [1.807, 2.05) is 13.8 Å². The summed E-state index contributed by atoms with van der Waals surface area (Å²) >= 11 is 2.38. The van der Waals surface area contributed by atoms with Gasteiger partial charge < -0.3 is 10.5 Å². The predicted molar refractivity (Wildman–Crippen MR) is 123 cm³/mol. The van der Waals surface area contributed by atoms with Crippen LogP contribution in [0, 0.1) is 11.7 Å². The van der Waals surface area contributed by atoms with E-state index in [-0.39, 0.29) is 30.4 Å². The number of hydrogen-bond donors (Lipinski definition) is 2. The molecule has 3 amide bonds. The van der Waals surface area contributed by atoms with Crippen LogP contribution in [0.15, 0.2) is 39.6 Å². The van der Waals surface area contributed by atoms with E-state index in [0.29, 0.717) is 26.5 Å². The molecule has 2 heterocycles. The smallest absolute Gasteiger partial charge is 0.318 e. The predicted octanol–water partition coefficient (Wildman–Crippen LogP) is 3.22. The van der Waals surface area contributed by atoms with Gasteiger partial charge in [-0.25, -0.2) is 14.2 Å². The molecule has 0 bridgehead atoms. The van der Waals surface area contributed by atoms with Crippen LogP contribution in [0.25, 0.3) is 21.3 Å². The molecule has 1 aromatic carbocycles. The van der Waals surface area contributed by atoms with E-state index in [4.69, 9.17) is 10.5 Å². The summed E-state index contributed by atoms with van der Waals surface area (Å²) in [5, 5.41) is 3.97. The van der Waals surface area contributed by atoms with Crippen LogP contribution in [-0.2, 0) is 16.1 Å². The molecule has 11 heteroatoms. The first-order valence-electron chi connectivity index (χ1n) is 9.76. The Morgan fingerprint density at radius 3 is 2.59 bits per heavy atom. The number of carbonyl (C=O) groups excluding carboxylic acids is 2. The maximum Gasteiger partial charge on any atom is 0.318 e. The lowest BCUT2D eigenvalue weighted by Crippen LogP contribution is -2.42. The number of rotatable bonds is 8. The molecule has 3 N–H and O–H groups in total. The number of thiophene rings is 1. The van der Waals surface area contributed by atoms with E-state index in [1.165, 1.54) is 35.1 Å². The highest BCUT2D eigenvalue weighted by Crippen LogP contribution is 2.34. The number of amides is 3. The molecule has 170 valence electrons. The summed E-state index contributed by atoms with van der Waals surface area (Å²) in [6.45, 7) is 4.14. The molecule has 2 aromatic heterocycles. The summed E-state index contributed by atoms with van der Waals surface area (Å²) in [5.41, 5.74) is 6.18. The molecule has 0 fully saturated rings. The molecular weight excluding hydrogens is 455 g/mol. The molecule has 8 nitrogen and oxygen atoms in total. The Kier molecular flexibility index (Phi) is 7.64. The monoisotopic (exact) mass is 478 g/mol. The molecule has 1 atom stereocenters. The number of hydrogen-bond acceptors (Lipinski definition) is 7. The maximum atomic E-state index is 13.5. The number of primary amides is 1. The fourth-order valence-corrected chi connectivity index (χ4v) is 5.22. The number of nitrogens with zero attached hydrogens (tertiary/aromatic N) is 2. The number of ether oxygens (including phenoxy) is 1. The molecule has 3 rings (SSSR count). The Labute approximate surface area is 192 Å². The van der Waals surface area contributed by atoms with Crippen molar-refractivity contribution in [1.82, 2.24) is 14.9 Å². The van der Waals surface area contributed by atoms with Crippen molar-refractivity contribution in [1.29, 1.82) is 0 Å². The number of nitrogens with one attached hydrogen (secondary N) is 1. The average molecular weight is 479 g/mol. The van der Waals surface area contributed by atoms with Crippen molar-refractivity contribution in [2.24, 2.45) is 11.7 Å². The zero-order chi connectivity index (χ0) is 23.4. The number of urea groups is 1. The van der Waals surface area contributed by atoms with Crippen LogP contribution in [0.1, 0.15) is 13.8 Å². The fourth-order valence-electron chi connectivity index (χ4n) is 3.12. The Hall–Kier alpha value is -2.76. The van der Waals surface area contributed by atoms with Crippen molar-refractivity contribution in [3.05, 3.63) is 45.8 Å². The van der Waals surface area contributed by atoms with Gasteiger partial charge in [-0.15, -0.1) is 11.3 Å². The molecule has 0 spiro atoms. The van der Waals surface area contributed by atoms with Crippen molar-refractivity contribution >= 4 is 45.3 Å². The van der Waals surface area contributed by atoms with Crippen molar-refractivity contribution in [3.63, 3.8) is 0 Å². The topological polar surface area (TPSA) is 116 Å². The highest BCUT2D eigenvalue weighted by Gasteiger charge is 2.28. The first-order valence-corrected chi connectivity index (χ1v) is 11.5. The van der Waals surface area contributed by atoms with Crippen LogP contribution in [-0.4, -0.2) is 40.5 Å². The van der Waals surface area contributed by atoms with E-state index < -0.39 is 17.2 Å². The van der Waals surface area contributed by atoms with E-state index in [1.54, 1.807) is 17.5 Å². The lowest BCUT2D eigenvalue weighted by Gasteiger charge is -2.20. The first-order chi connectivity index (χ1) is 15.2. The molecule has 1 unspecified atom stereocenters. The summed E-state index contributed by atoms with van der Waals surface area (Å²) in [7, 11) is 1.52. The number of aromatic nitrogens is 2. The molecule has 0 aliphatic heterocycles. The Morgan fingerprint density at radius 1 is 1.31 bits per heavy atom. The van der Waals surface area contributed by atoms with Crippen LogP contribution in [0.5, 0.6) is 0 Å². The van der Waals surface area contributed by atoms with Crippen LogP contribution < -0.4 is 16.6 Å². The summed E-state index contributed by atoms with van der Waals surface area (Å²) in [4.78, 5) is 42.3. The third kappa shape index (κ3) is 5.17. The minimum absolute atomic E-state index is 0.166. The van der Waals surface area contributed by atoms with Gasteiger partial charge in [-0.1, -0.05) is 37.7 Å². The Balaban J connectivity index is 2.12. The molecule has 0 saturated heterocycles. The van der Waals surface area contributed by atoms with E-state index in [0.717, 1.165) is 11.8 Å². The Bertz CT molecular complexity index is 1190.